The summed E-state index contributed by atoms with van der Waals surface area (Å²) in [4.78, 5) is 13.6. The number of likely N-dealkylation sites (tertiary alicyclic amines) is 1. The summed E-state index contributed by atoms with van der Waals surface area (Å²) in [6.45, 7) is 15.4. The number of piperidine rings is 1. The summed E-state index contributed by atoms with van der Waals surface area (Å²) in [5.41, 5.74) is 0. The first-order chi connectivity index (χ1) is 13.3. The third-order valence-electron chi connectivity index (χ3n) is 3.58. The van der Waals surface area contributed by atoms with E-state index in [-0.39, 0.29) is 6.09 Å². The number of carbonyl (C=O) groups is 1. The number of carbonyl (C=O) groups excluding carboxylic acids is 1. The maximum Gasteiger partial charge on any atom is 0.409 e. The van der Waals surface area contributed by atoms with E-state index in [1.807, 2.05) is 39.5 Å². The Balaban J connectivity index is 0. The molecule has 0 aliphatic carbocycles. The van der Waals surface area contributed by atoms with Gasteiger partial charge >= 0.3 is 6.09 Å². The zero-order valence-corrected chi connectivity index (χ0v) is 19.3. The van der Waals surface area contributed by atoms with Crippen LogP contribution in [0.3, 0.4) is 0 Å². The van der Waals surface area contributed by atoms with Crippen molar-refractivity contribution >= 4 is 17.9 Å². The molecule has 0 spiro atoms. The van der Waals surface area contributed by atoms with Gasteiger partial charge in [0.05, 0.1) is 33.0 Å². The first-order valence-electron chi connectivity index (χ1n) is 10.5. The third-order valence-corrected chi connectivity index (χ3v) is 4.72. The molecule has 164 valence electrons. The van der Waals surface area contributed by atoms with Gasteiger partial charge in [-0.25, -0.2) is 4.79 Å². The van der Waals surface area contributed by atoms with Gasteiger partial charge in [-0.3, -0.25) is 0 Å². The summed E-state index contributed by atoms with van der Waals surface area (Å²) < 4.78 is 21.2. The minimum absolute atomic E-state index is 0.225. The van der Waals surface area contributed by atoms with E-state index in [9.17, 15) is 4.79 Å². The quantitative estimate of drug-likeness (QED) is 0.444. The van der Waals surface area contributed by atoms with Crippen molar-refractivity contribution in [1.82, 2.24) is 4.90 Å². The zero-order chi connectivity index (χ0) is 20.8. The summed E-state index contributed by atoms with van der Waals surface area (Å²) in [7, 11) is 0. The average Bonchev–Trinajstić information content (AvgIpc) is 2.74. The molecule has 7 heteroatoms. The molecule has 0 radical (unpaired) electrons. The van der Waals surface area contributed by atoms with Crippen LogP contribution in [0.4, 0.5) is 4.79 Å². The standard InChI is InChI=1S/C16H31NO5S.2C2H6/c1-3-8-19-9-10-20-11-12-21-13-14-22-16(18)17-6-4-15(23-2)5-7-17;2*1-2/h15H,3-14H2,1-2H3;2*1-2H3. The van der Waals surface area contributed by atoms with E-state index in [1.54, 1.807) is 4.90 Å². The summed E-state index contributed by atoms with van der Waals surface area (Å²) in [6, 6.07) is 0. The van der Waals surface area contributed by atoms with Crippen LogP contribution in [-0.4, -0.2) is 81.8 Å². The number of amides is 1. The number of ether oxygens (including phenoxy) is 4. The first kappa shape index (κ1) is 28.7. The van der Waals surface area contributed by atoms with Gasteiger partial charge in [-0.1, -0.05) is 34.6 Å². The lowest BCUT2D eigenvalue weighted by Crippen LogP contribution is -2.39. The monoisotopic (exact) mass is 409 g/mol. The minimum atomic E-state index is -0.225. The van der Waals surface area contributed by atoms with Gasteiger partial charge in [-0.05, 0) is 25.5 Å². The molecule has 0 aromatic rings. The molecular formula is C20H43NO5S. The molecule has 1 fully saturated rings. The largest absolute Gasteiger partial charge is 0.447 e. The average molecular weight is 410 g/mol. The SMILES string of the molecule is CC.CC.CCCOCCOCCOCCOC(=O)N1CCC(SC)CC1. The number of hydrogen-bond donors (Lipinski definition) is 0. The van der Waals surface area contributed by atoms with Gasteiger partial charge in [-0.2, -0.15) is 11.8 Å². The molecule has 0 atom stereocenters. The molecule has 1 amide bonds. The van der Waals surface area contributed by atoms with Gasteiger partial charge in [0.2, 0.25) is 0 Å². The lowest BCUT2D eigenvalue weighted by Gasteiger charge is -2.30. The molecule has 0 aromatic heterocycles. The fraction of sp³-hybridized carbons (Fsp3) is 0.950. The Labute approximate surface area is 171 Å². The Kier molecular flexibility index (Phi) is 25.0. The molecule has 1 aliphatic rings. The third kappa shape index (κ3) is 17.3. The normalized spacial score (nSPS) is 13.9. The lowest BCUT2D eigenvalue weighted by atomic mass is 10.1. The van der Waals surface area contributed by atoms with Crippen molar-refractivity contribution < 1.29 is 23.7 Å². The molecule has 1 saturated heterocycles. The van der Waals surface area contributed by atoms with E-state index < -0.39 is 0 Å². The van der Waals surface area contributed by atoms with Crippen molar-refractivity contribution in [1.29, 1.82) is 0 Å². The Morgan fingerprint density at radius 3 is 1.74 bits per heavy atom. The number of nitrogens with zero attached hydrogens (tertiary/aromatic N) is 1. The fourth-order valence-corrected chi connectivity index (χ4v) is 2.92. The number of rotatable bonds is 12. The molecule has 0 N–H and O–H groups in total. The van der Waals surface area contributed by atoms with E-state index >= 15 is 0 Å². The smallest absolute Gasteiger partial charge is 0.409 e. The van der Waals surface area contributed by atoms with Crippen LogP contribution in [0.15, 0.2) is 0 Å². The number of thioether (sulfide) groups is 1. The van der Waals surface area contributed by atoms with E-state index in [2.05, 4.69) is 13.2 Å². The first-order valence-corrected chi connectivity index (χ1v) is 11.7. The van der Waals surface area contributed by atoms with Crippen LogP contribution in [0.1, 0.15) is 53.9 Å². The minimum Gasteiger partial charge on any atom is -0.447 e. The predicted octanol–water partition coefficient (Wildman–Crippen LogP) is 4.46. The number of hydrogen-bond acceptors (Lipinski definition) is 6. The van der Waals surface area contributed by atoms with Crippen LogP contribution in [0.25, 0.3) is 0 Å². The highest BCUT2D eigenvalue weighted by atomic mass is 32.2. The van der Waals surface area contributed by atoms with Gasteiger partial charge in [0.15, 0.2) is 0 Å². The molecule has 6 nitrogen and oxygen atoms in total. The maximum atomic E-state index is 11.9. The van der Waals surface area contributed by atoms with Crippen LogP contribution in [0.5, 0.6) is 0 Å². The second kappa shape index (κ2) is 23.5. The van der Waals surface area contributed by atoms with Gasteiger partial charge < -0.3 is 23.8 Å². The molecule has 0 saturated carbocycles. The van der Waals surface area contributed by atoms with Gasteiger partial charge in [-0.15, -0.1) is 0 Å². The van der Waals surface area contributed by atoms with E-state index in [0.717, 1.165) is 39.0 Å². The second-order valence-electron chi connectivity index (χ2n) is 5.37. The maximum absolute atomic E-state index is 11.9. The van der Waals surface area contributed by atoms with Crippen LogP contribution in [-0.2, 0) is 18.9 Å². The Bertz CT molecular complexity index is 300. The van der Waals surface area contributed by atoms with Crippen molar-refractivity contribution in [2.45, 2.75) is 59.1 Å². The lowest BCUT2D eigenvalue weighted by molar-refractivity contribution is 0.00277. The van der Waals surface area contributed by atoms with Gasteiger partial charge in [0.25, 0.3) is 0 Å². The predicted molar refractivity (Wildman–Crippen MR) is 115 cm³/mol. The van der Waals surface area contributed by atoms with Crippen LogP contribution in [0, 0.1) is 0 Å². The second-order valence-corrected chi connectivity index (χ2v) is 6.51. The zero-order valence-electron chi connectivity index (χ0n) is 18.5. The molecule has 27 heavy (non-hydrogen) atoms. The van der Waals surface area contributed by atoms with Crippen molar-refractivity contribution in [3.05, 3.63) is 0 Å². The highest BCUT2D eigenvalue weighted by molar-refractivity contribution is 7.99. The molecule has 1 rings (SSSR count). The van der Waals surface area contributed by atoms with Crippen molar-refractivity contribution in [3.8, 4) is 0 Å². The summed E-state index contributed by atoms with van der Waals surface area (Å²) in [6.07, 6.45) is 5.02. The van der Waals surface area contributed by atoms with E-state index in [4.69, 9.17) is 18.9 Å². The van der Waals surface area contributed by atoms with Crippen molar-refractivity contribution in [2.24, 2.45) is 0 Å². The summed E-state index contributed by atoms with van der Waals surface area (Å²) in [5.74, 6) is 0. The topological polar surface area (TPSA) is 57.2 Å². The molecule has 0 aromatic carbocycles. The highest BCUT2D eigenvalue weighted by Gasteiger charge is 2.22. The van der Waals surface area contributed by atoms with E-state index in [1.165, 1.54) is 0 Å². The molecule has 0 bridgehead atoms. The van der Waals surface area contributed by atoms with Crippen molar-refractivity contribution in [3.63, 3.8) is 0 Å². The molecule has 1 heterocycles. The highest BCUT2D eigenvalue weighted by Crippen LogP contribution is 2.21. The van der Waals surface area contributed by atoms with E-state index in [0.29, 0.717) is 44.9 Å². The fourth-order valence-electron chi connectivity index (χ4n) is 2.24. The molecule has 0 unspecified atom stereocenters. The molecular weight excluding hydrogens is 366 g/mol. The van der Waals surface area contributed by atoms with Crippen LogP contribution in [0.2, 0.25) is 0 Å². The van der Waals surface area contributed by atoms with Crippen LogP contribution >= 0.6 is 11.8 Å². The molecule has 1 aliphatic heterocycles. The van der Waals surface area contributed by atoms with Gasteiger partial charge in [0.1, 0.15) is 6.61 Å². The Morgan fingerprint density at radius 2 is 1.30 bits per heavy atom. The van der Waals surface area contributed by atoms with Gasteiger partial charge in [0, 0.05) is 24.9 Å². The van der Waals surface area contributed by atoms with Crippen molar-refractivity contribution in [2.75, 3.05) is 65.6 Å². The summed E-state index contributed by atoms with van der Waals surface area (Å²) in [5, 5.41) is 0.676. The summed E-state index contributed by atoms with van der Waals surface area (Å²) >= 11 is 1.88. The Morgan fingerprint density at radius 1 is 0.852 bits per heavy atom. The van der Waals surface area contributed by atoms with Crippen LogP contribution < -0.4 is 0 Å². The Hall–Kier alpha value is -0.500.